The molecule has 0 bridgehead atoms. The molecule has 0 unspecified atom stereocenters. The topological polar surface area (TPSA) is 84.9 Å². The quantitative estimate of drug-likeness (QED) is 0.316. The molecular weight excluding hydrogens is 515 g/mol. The summed E-state index contributed by atoms with van der Waals surface area (Å²) in [4.78, 5) is 38.7. The van der Waals surface area contributed by atoms with E-state index in [1.165, 1.54) is 25.3 Å². The van der Waals surface area contributed by atoms with Gasteiger partial charge in [0.15, 0.2) is 11.5 Å². The third-order valence-electron chi connectivity index (χ3n) is 5.06. The van der Waals surface area contributed by atoms with Gasteiger partial charge in [-0.1, -0.05) is 46.9 Å². The van der Waals surface area contributed by atoms with E-state index < -0.39 is 17.8 Å². The predicted molar refractivity (Wildman–Crippen MR) is 134 cm³/mol. The van der Waals surface area contributed by atoms with Crippen molar-refractivity contribution in [3.05, 3.63) is 92.4 Å². The molecule has 0 aromatic heterocycles. The second-order valence-electron chi connectivity index (χ2n) is 7.38. The van der Waals surface area contributed by atoms with Gasteiger partial charge in [-0.15, -0.1) is 0 Å². The monoisotopic (exact) mass is 530 g/mol. The number of ether oxygens (including phenoxy) is 2. The van der Waals surface area contributed by atoms with E-state index in [2.05, 4.69) is 5.32 Å². The maximum absolute atomic E-state index is 13.0. The largest absolute Gasteiger partial charge is 0.493 e. The zero-order chi connectivity index (χ0) is 25.1. The summed E-state index contributed by atoms with van der Waals surface area (Å²) in [5, 5.41) is 3.49. The van der Waals surface area contributed by atoms with Crippen molar-refractivity contribution in [2.24, 2.45) is 0 Å². The van der Waals surface area contributed by atoms with Crippen molar-refractivity contribution in [2.75, 3.05) is 12.0 Å². The number of benzene rings is 3. The molecule has 1 aliphatic rings. The standard InChI is InChI=1S/C25H17Cl3N2O5/c1-34-22-12-14(3-9-21(22)35-13-15-2-8-19(27)20(28)11-15)10-18-23(31)29-25(33)30(24(18)32)17-6-4-16(26)5-7-17/h2-12H,13H2,1H3,(H,29,31,33)/b18-10+. The number of hydrogen-bond donors (Lipinski definition) is 1. The number of urea groups is 1. The second kappa shape index (κ2) is 10.4. The van der Waals surface area contributed by atoms with Gasteiger partial charge in [0.05, 0.1) is 22.8 Å². The lowest BCUT2D eigenvalue weighted by Gasteiger charge is -2.26. The van der Waals surface area contributed by atoms with Crippen LogP contribution in [0.25, 0.3) is 6.08 Å². The highest BCUT2D eigenvalue weighted by Gasteiger charge is 2.36. The zero-order valence-corrected chi connectivity index (χ0v) is 20.4. The number of carbonyl (C=O) groups is 3. The Morgan fingerprint density at radius 3 is 2.31 bits per heavy atom. The van der Waals surface area contributed by atoms with Gasteiger partial charge in [-0.2, -0.15) is 0 Å². The molecule has 178 valence electrons. The Morgan fingerprint density at radius 1 is 0.886 bits per heavy atom. The average Bonchev–Trinajstić information content (AvgIpc) is 2.84. The summed E-state index contributed by atoms with van der Waals surface area (Å²) in [6.45, 7) is 0.215. The third-order valence-corrected chi connectivity index (χ3v) is 6.05. The molecule has 0 radical (unpaired) electrons. The molecule has 3 aromatic rings. The van der Waals surface area contributed by atoms with Crippen molar-refractivity contribution in [1.82, 2.24) is 5.32 Å². The van der Waals surface area contributed by atoms with Gasteiger partial charge in [0.25, 0.3) is 11.8 Å². The molecule has 7 nitrogen and oxygen atoms in total. The molecule has 4 rings (SSSR count). The molecule has 4 amide bonds. The first kappa shape index (κ1) is 24.6. The van der Waals surface area contributed by atoms with Gasteiger partial charge >= 0.3 is 6.03 Å². The molecule has 1 fully saturated rings. The lowest BCUT2D eigenvalue weighted by molar-refractivity contribution is -0.122. The molecule has 1 saturated heterocycles. The fourth-order valence-electron chi connectivity index (χ4n) is 3.33. The highest BCUT2D eigenvalue weighted by molar-refractivity contribution is 6.42. The van der Waals surface area contributed by atoms with Crippen molar-refractivity contribution >= 4 is 64.4 Å². The van der Waals surface area contributed by atoms with Crippen molar-refractivity contribution < 1.29 is 23.9 Å². The van der Waals surface area contributed by atoms with Crippen LogP contribution in [0.5, 0.6) is 11.5 Å². The molecule has 1 N–H and O–H groups in total. The van der Waals surface area contributed by atoms with E-state index in [4.69, 9.17) is 44.3 Å². The number of methoxy groups -OCH3 is 1. The number of barbiturate groups is 1. The highest BCUT2D eigenvalue weighted by atomic mass is 35.5. The first-order valence-electron chi connectivity index (χ1n) is 10.2. The van der Waals surface area contributed by atoms with E-state index in [1.807, 2.05) is 0 Å². The number of amides is 4. The lowest BCUT2D eigenvalue weighted by atomic mass is 10.1. The van der Waals surface area contributed by atoms with Gasteiger partial charge in [-0.05, 0) is 65.7 Å². The molecule has 0 spiro atoms. The van der Waals surface area contributed by atoms with Crippen LogP contribution in [0.1, 0.15) is 11.1 Å². The lowest BCUT2D eigenvalue weighted by Crippen LogP contribution is -2.54. The maximum atomic E-state index is 13.0. The van der Waals surface area contributed by atoms with E-state index in [9.17, 15) is 14.4 Å². The number of halogens is 3. The summed E-state index contributed by atoms with van der Waals surface area (Å²) in [6, 6.07) is 15.4. The Hall–Kier alpha value is -3.52. The van der Waals surface area contributed by atoms with Crippen molar-refractivity contribution in [3.8, 4) is 11.5 Å². The number of rotatable bonds is 6. The van der Waals surface area contributed by atoms with Gasteiger partial charge < -0.3 is 9.47 Å². The first-order chi connectivity index (χ1) is 16.8. The van der Waals surface area contributed by atoms with E-state index in [0.717, 1.165) is 10.5 Å². The normalized spacial score (nSPS) is 14.8. The van der Waals surface area contributed by atoms with Crippen LogP contribution in [-0.2, 0) is 16.2 Å². The Morgan fingerprint density at radius 2 is 1.63 bits per heavy atom. The number of imide groups is 2. The van der Waals surface area contributed by atoms with Gasteiger partial charge in [-0.3, -0.25) is 14.9 Å². The molecule has 0 atom stereocenters. The van der Waals surface area contributed by atoms with Crippen LogP contribution in [0.2, 0.25) is 15.1 Å². The molecule has 0 aliphatic carbocycles. The Balaban J connectivity index is 1.58. The first-order valence-corrected chi connectivity index (χ1v) is 11.3. The van der Waals surface area contributed by atoms with Gasteiger partial charge in [-0.25, -0.2) is 9.69 Å². The van der Waals surface area contributed by atoms with Crippen LogP contribution in [0.15, 0.2) is 66.2 Å². The van der Waals surface area contributed by atoms with Crippen molar-refractivity contribution in [1.29, 1.82) is 0 Å². The fraction of sp³-hybridized carbons (Fsp3) is 0.0800. The van der Waals surface area contributed by atoms with Gasteiger partial charge in [0.1, 0.15) is 12.2 Å². The number of nitrogens with one attached hydrogen (secondary N) is 1. The molecule has 35 heavy (non-hydrogen) atoms. The Bertz CT molecular complexity index is 1360. The van der Waals surface area contributed by atoms with Crippen LogP contribution >= 0.6 is 34.8 Å². The SMILES string of the molecule is COc1cc(/C=C2\C(=O)NC(=O)N(c3ccc(Cl)cc3)C2=O)ccc1OCc1ccc(Cl)c(Cl)c1. The van der Waals surface area contributed by atoms with Crippen LogP contribution in [0.4, 0.5) is 10.5 Å². The predicted octanol–water partition coefficient (Wildman–Crippen LogP) is 5.90. The number of anilines is 1. The van der Waals surface area contributed by atoms with E-state index in [-0.39, 0.29) is 17.9 Å². The third kappa shape index (κ3) is 5.43. The van der Waals surface area contributed by atoms with Crippen molar-refractivity contribution in [3.63, 3.8) is 0 Å². The molecule has 10 heteroatoms. The maximum Gasteiger partial charge on any atom is 0.335 e. The summed E-state index contributed by atoms with van der Waals surface area (Å²) in [5.41, 5.74) is 1.36. The molecular formula is C25H17Cl3N2O5. The number of nitrogens with zero attached hydrogens (tertiary/aromatic N) is 1. The fourth-order valence-corrected chi connectivity index (χ4v) is 3.78. The molecule has 0 saturated carbocycles. The van der Waals surface area contributed by atoms with Gasteiger partial charge in [0, 0.05) is 5.02 Å². The highest BCUT2D eigenvalue weighted by Crippen LogP contribution is 2.31. The Kier molecular flexibility index (Phi) is 7.31. The summed E-state index contributed by atoms with van der Waals surface area (Å²) in [7, 11) is 1.47. The number of hydrogen-bond acceptors (Lipinski definition) is 5. The smallest absolute Gasteiger partial charge is 0.335 e. The van der Waals surface area contributed by atoms with E-state index in [1.54, 1.807) is 48.5 Å². The van der Waals surface area contributed by atoms with Crippen molar-refractivity contribution in [2.45, 2.75) is 6.61 Å². The summed E-state index contributed by atoms with van der Waals surface area (Å²) in [6.07, 6.45) is 1.37. The number of carbonyl (C=O) groups excluding carboxylic acids is 3. The molecule has 1 heterocycles. The second-order valence-corrected chi connectivity index (χ2v) is 8.63. The van der Waals surface area contributed by atoms with Crippen LogP contribution in [0.3, 0.4) is 0 Å². The minimum atomic E-state index is -0.844. The summed E-state index contributed by atoms with van der Waals surface area (Å²) >= 11 is 17.9. The van der Waals surface area contributed by atoms with E-state index >= 15 is 0 Å². The molecule has 3 aromatic carbocycles. The summed E-state index contributed by atoms with van der Waals surface area (Å²) < 4.78 is 11.3. The minimum Gasteiger partial charge on any atom is -0.493 e. The average molecular weight is 532 g/mol. The summed E-state index contributed by atoms with van der Waals surface area (Å²) in [5.74, 6) is -0.740. The van der Waals surface area contributed by atoms with Crippen LogP contribution in [-0.4, -0.2) is 25.0 Å². The van der Waals surface area contributed by atoms with Crippen LogP contribution < -0.4 is 19.7 Å². The Labute approximate surface area is 215 Å². The molecule has 1 aliphatic heterocycles. The zero-order valence-electron chi connectivity index (χ0n) is 18.2. The van der Waals surface area contributed by atoms with E-state index in [0.29, 0.717) is 32.1 Å². The van der Waals surface area contributed by atoms with Gasteiger partial charge in [0.2, 0.25) is 0 Å². The van der Waals surface area contributed by atoms with Crippen LogP contribution in [0, 0.1) is 0 Å². The minimum absolute atomic E-state index is 0.215.